The monoisotopic (exact) mass is 338 g/mol. The number of halogens is 1. The molecule has 0 atom stereocenters. The van der Waals surface area contributed by atoms with Gasteiger partial charge in [-0.3, -0.25) is 4.79 Å². The number of aromatic nitrogens is 2. The van der Waals surface area contributed by atoms with Gasteiger partial charge in [-0.1, -0.05) is 35.9 Å². The number of anilines is 3. The third kappa shape index (κ3) is 4.08. The van der Waals surface area contributed by atoms with Gasteiger partial charge in [0.05, 0.1) is 0 Å². The Morgan fingerprint density at radius 1 is 0.958 bits per heavy atom. The van der Waals surface area contributed by atoms with Crippen LogP contribution in [0.4, 0.5) is 17.2 Å². The third-order valence-corrected chi connectivity index (χ3v) is 3.43. The molecule has 2 N–H and O–H groups in total. The maximum absolute atomic E-state index is 12.4. The highest BCUT2D eigenvalue weighted by Gasteiger charge is 2.11. The first-order valence-electron chi connectivity index (χ1n) is 7.35. The van der Waals surface area contributed by atoms with Gasteiger partial charge in [-0.25, -0.2) is 9.97 Å². The van der Waals surface area contributed by atoms with E-state index in [0.29, 0.717) is 22.4 Å². The van der Waals surface area contributed by atoms with Crippen LogP contribution < -0.4 is 10.6 Å². The van der Waals surface area contributed by atoms with Crippen molar-refractivity contribution in [2.24, 2.45) is 0 Å². The summed E-state index contributed by atoms with van der Waals surface area (Å²) in [5.41, 5.74) is 1.79. The van der Waals surface area contributed by atoms with Crippen molar-refractivity contribution >= 4 is 34.7 Å². The van der Waals surface area contributed by atoms with Crippen LogP contribution in [-0.4, -0.2) is 15.9 Å². The highest BCUT2D eigenvalue weighted by molar-refractivity contribution is 6.30. The molecule has 6 heteroatoms. The molecule has 0 aliphatic heterocycles. The lowest BCUT2D eigenvalue weighted by atomic mass is 10.3. The molecule has 3 aromatic rings. The van der Waals surface area contributed by atoms with Crippen LogP contribution in [0.3, 0.4) is 0 Å². The Hall–Kier alpha value is -2.92. The molecule has 0 saturated carbocycles. The number of benzene rings is 2. The van der Waals surface area contributed by atoms with E-state index in [2.05, 4.69) is 20.6 Å². The average molecular weight is 339 g/mol. The van der Waals surface area contributed by atoms with E-state index in [1.165, 1.54) is 0 Å². The molecule has 0 unspecified atom stereocenters. The number of nitrogens with zero attached hydrogens (tertiary/aromatic N) is 2. The van der Waals surface area contributed by atoms with E-state index in [-0.39, 0.29) is 11.6 Å². The fourth-order valence-corrected chi connectivity index (χ4v) is 2.37. The molecule has 1 heterocycles. The summed E-state index contributed by atoms with van der Waals surface area (Å²) in [6, 6.07) is 18.1. The molecular weight excluding hydrogens is 324 g/mol. The van der Waals surface area contributed by atoms with E-state index in [1.807, 2.05) is 42.5 Å². The lowest BCUT2D eigenvalue weighted by Gasteiger charge is -2.09. The van der Waals surface area contributed by atoms with Crippen LogP contribution in [0.15, 0.2) is 60.7 Å². The second-order valence-corrected chi connectivity index (χ2v) is 5.58. The lowest BCUT2D eigenvalue weighted by Crippen LogP contribution is -2.15. The molecule has 1 amide bonds. The van der Waals surface area contributed by atoms with E-state index in [9.17, 15) is 4.79 Å². The lowest BCUT2D eigenvalue weighted by molar-refractivity contribution is 0.102. The summed E-state index contributed by atoms with van der Waals surface area (Å²) >= 11 is 5.98. The van der Waals surface area contributed by atoms with Crippen molar-refractivity contribution in [3.63, 3.8) is 0 Å². The average Bonchev–Trinajstić information content (AvgIpc) is 2.55. The van der Waals surface area contributed by atoms with Crippen LogP contribution in [-0.2, 0) is 0 Å². The summed E-state index contributed by atoms with van der Waals surface area (Å²) in [7, 11) is 0. The Balaban J connectivity index is 1.82. The molecule has 0 spiro atoms. The minimum absolute atomic E-state index is 0.288. The number of aryl methyl sites for hydroxylation is 1. The molecule has 0 radical (unpaired) electrons. The number of carbonyl (C=O) groups excluding carboxylic acids is 1. The van der Waals surface area contributed by atoms with Gasteiger partial charge < -0.3 is 10.6 Å². The standard InChI is InChI=1S/C18H15ClN4O/c1-12-20-16(18(24)23-14-7-3-2-4-8-14)11-17(21-12)22-15-9-5-6-13(19)10-15/h2-11H,1H3,(H,23,24)(H,20,21,22). The van der Waals surface area contributed by atoms with Gasteiger partial charge in [0.2, 0.25) is 0 Å². The molecule has 2 aromatic carbocycles. The first-order valence-corrected chi connectivity index (χ1v) is 7.72. The molecular formula is C18H15ClN4O. The number of hydrogen-bond donors (Lipinski definition) is 2. The van der Waals surface area contributed by atoms with Crippen LogP contribution in [0.1, 0.15) is 16.3 Å². The van der Waals surface area contributed by atoms with Crippen LogP contribution in [0.2, 0.25) is 5.02 Å². The number of carbonyl (C=O) groups is 1. The van der Waals surface area contributed by atoms with Crippen molar-refractivity contribution < 1.29 is 4.79 Å². The molecule has 1 aromatic heterocycles. The normalized spacial score (nSPS) is 10.2. The maximum atomic E-state index is 12.4. The van der Waals surface area contributed by atoms with E-state index < -0.39 is 0 Å². The fourth-order valence-electron chi connectivity index (χ4n) is 2.18. The number of para-hydroxylation sites is 1. The number of hydrogen-bond acceptors (Lipinski definition) is 4. The Labute approximate surface area is 144 Å². The molecule has 5 nitrogen and oxygen atoms in total. The summed E-state index contributed by atoms with van der Waals surface area (Å²) in [5, 5.41) is 6.56. The van der Waals surface area contributed by atoms with E-state index in [1.54, 1.807) is 25.1 Å². The maximum Gasteiger partial charge on any atom is 0.274 e. The highest BCUT2D eigenvalue weighted by atomic mass is 35.5. The van der Waals surface area contributed by atoms with Gasteiger partial charge in [0.1, 0.15) is 17.3 Å². The summed E-state index contributed by atoms with van der Waals surface area (Å²) < 4.78 is 0. The van der Waals surface area contributed by atoms with E-state index in [0.717, 1.165) is 5.69 Å². The van der Waals surface area contributed by atoms with Gasteiger partial charge in [-0.15, -0.1) is 0 Å². The van der Waals surface area contributed by atoms with E-state index >= 15 is 0 Å². The number of amides is 1. The van der Waals surface area contributed by atoms with Gasteiger partial charge in [0, 0.05) is 22.5 Å². The number of rotatable bonds is 4. The van der Waals surface area contributed by atoms with Gasteiger partial charge in [0.15, 0.2) is 0 Å². The predicted octanol–water partition coefficient (Wildman–Crippen LogP) is 4.43. The molecule has 0 fully saturated rings. The largest absolute Gasteiger partial charge is 0.340 e. The molecule has 0 aliphatic rings. The molecule has 24 heavy (non-hydrogen) atoms. The zero-order valence-electron chi connectivity index (χ0n) is 13.0. The van der Waals surface area contributed by atoms with Crippen LogP contribution in [0, 0.1) is 6.92 Å². The summed E-state index contributed by atoms with van der Waals surface area (Å²) in [6.45, 7) is 1.74. The Morgan fingerprint density at radius 2 is 1.71 bits per heavy atom. The predicted molar refractivity (Wildman–Crippen MR) is 95.9 cm³/mol. The smallest absolute Gasteiger partial charge is 0.274 e. The number of nitrogens with one attached hydrogen (secondary N) is 2. The van der Waals surface area contributed by atoms with Crippen LogP contribution in [0.5, 0.6) is 0 Å². The van der Waals surface area contributed by atoms with Gasteiger partial charge in [-0.05, 0) is 37.3 Å². The summed E-state index contributed by atoms with van der Waals surface area (Å²) in [4.78, 5) is 20.9. The summed E-state index contributed by atoms with van der Waals surface area (Å²) in [5.74, 6) is 0.740. The second kappa shape index (κ2) is 7.10. The fraction of sp³-hybridized carbons (Fsp3) is 0.0556. The highest BCUT2D eigenvalue weighted by Crippen LogP contribution is 2.19. The first-order chi connectivity index (χ1) is 11.6. The molecule has 120 valence electrons. The first kappa shape index (κ1) is 16.0. The quantitative estimate of drug-likeness (QED) is 0.738. The van der Waals surface area contributed by atoms with Gasteiger partial charge >= 0.3 is 0 Å². The summed E-state index contributed by atoms with van der Waals surface area (Å²) in [6.07, 6.45) is 0. The van der Waals surface area contributed by atoms with Crippen molar-refractivity contribution in [1.82, 2.24) is 9.97 Å². The van der Waals surface area contributed by atoms with Crippen molar-refractivity contribution in [2.45, 2.75) is 6.92 Å². The molecule has 0 aliphatic carbocycles. The zero-order chi connectivity index (χ0) is 16.9. The second-order valence-electron chi connectivity index (χ2n) is 5.14. The Kier molecular flexibility index (Phi) is 4.72. The Bertz CT molecular complexity index is 868. The van der Waals surface area contributed by atoms with Crippen molar-refractivity contribution in [3.8, 4) is 0 Å². The van der Waals surface area contributed by atoms with Crippen molar-refractivity contribution in [3.05, 3.63) is 77.2 Å². The van der Waals surface area contributed by atoms with Gasteiger partial charge in [0.25, 0.3) is 5.91 Å². The van der Waals surface area contributed by atoms with Crippen LogP contribution in [0.25, 0.3) is 0 Å². The third-order valence-electron chi connectivity index (χ3n) is 3.20. The molecule has 0 saturated heterocycles. The molecule has 3 rings (SSSR count). The van der Waals surface area contributed by atoms with E-state index in [4.69, 9.17) is 11.6 Å². The zero-order valence-corrected chi connectivity index (χ0v) is 13.7. The van der Waals surface area contributed by atoms with Crippen LogP contribution >= 0.6 is 11.6 Å². The minimum atomic E-state index is -0.291. The van der Waals surface area contributed by atoms with Crippen molar-refractivity contribution in [1.29, 1.82) is 0 Å². The van der Waals surface area contributed by atoms with Gasteiger partial charge in [-0.2, -0.15) is 0 Å². The SMILES string of the molecule is Cc1nc(Nc2cccc(Cl)c2)cc(C(=O)Nc2ccccc2)n1. The van der Waals surface area contributed by atoms with Crippen molar-refractivity contribution in [2.75, 3.05) is 10.6 Å². The Morgan fingerprint density at radius 3 is 2.46 bits per heavy atom. The topological polar surface area (TPSA) is 66.9 Å². The molecule has 0 bridgehead atoms. The minimum Gasteiger partial charge on any atom is -0.340 e.